The van der Waals surface area contributed by atoms with Crippen LogP contribution in [0.15, 0.2) is 41.3 Å². The lowest BCUT2D eigenvalue weighted by Gasteiger charge is -2.20. The average Bonchev–Trinajstić information content (AvgIpc) is 3.00. The number of aliphatic carboxylic acids is 1. The summed E-state index contributed by atoms with van der Waals surface area (Å²) in [5.74, 6) is -0.919. The number of benzene rings is 1. The predicted molar refractivity (Wildman–Crippen MR) is 98.3 cm³/mol. The second-order valence-electron chi connectivity index (χ2n) is 7.10. The molecule has 0 aliphatic carbocycles. The highest BCUT2D eigenvalue weighted by Gasteiger charge is 2.22. The maximum Gasteiger partial charge on any atom is 0.326 e. The fraction of sp³-hybridized carbons (Fsp3) is 0.333. The van der Waals surface area contributed by atoms with Crippen LogP contribution in [-0.4, -0.2) is 36.9 Å². The lowest BCUT2D eigenvalue weighted by Crippen LogP contribution is -2.33. The Morgan fingerprint density at radius 3 is 2.62 bits per heavy atom. The first-order chi connectivity index (χ1) is 12.3. The molecule has 136 valence electrons. The number of nitrogens with zero attached hydrogens (tertiary/aromatic N) is 3. The third-order valence-corrected chi connectivity index (χ3v) is 3.97. The van der Waals surface area contributed by atoms with Crippen molar-refractivity contribution in [3.8, 4) is 0 Å². The molecule has 0 bridgehead atoms. The zero-order valence-electron chi connectivity index (χ0n) is 14.9. The van der Waals surface area contributed by atoms with Gasteiger partial charge in [0.2, 0.25) is 5.95 Å². The van der Waals surface area contributed by atoms with Gasteiger partial charge >= 0.3 is 5.97 Å². The highest BCUT2D eigenvalue weighted by Crippen LogP contribution is 2.19. The number of carboxylic acid groups (broad SMARTS) is 1. The van der Waals surface area contributed by atoms with E-state index in [1.807, 2.05) is 51.1 Å². The zero-order valence-corrected chi connectivity index (χ0v) is 14.9. The van der Waals surface area contributed by atoms with Crippen LogP contribution in [0.25, 0.3) is 11.0 Å². The molecule has 26 heavy (non-hydrogen) atoms. The van der Waals surface area contributed by atoms with E-state index in [2.05, 4.69) is 20.4 Å². The third kappa shape index (κ3) is 3.58. The molecule has 0 saturated heterocycles. The van der Waals surface area contributed by atoms with Gasteiger partial charge in [-0.3, -0.25) is 9.78 Å². The first-order valence-corrected chi connectivity index (χ1v) is 8.27. The van der Waals surface area contributed by atoms with Gasteiger partial charge in [-0.05, 0) is 26.3 Å². The van der Waals surface area contributed by atoms with Crippen molar-refractivity contribution in [3.63, 3.8) is 0 Å². The largest absolute Gasteiger partial charge is 0.480 e. The van der Waals surface area contributed by atoms with Crippen LogP contribution in [0.1, 0.15) is 26.3 Å². The number of aromatic nitrogens is 4. The summed E-state index contributed by atoms with van der Waals surface area (Å²) in [5.41, 5.74) is 0.552. The van der Waals surface area contributed by atoms with Crippen molar-refractivity contribution in [1.29, 1.82) is 0 Å². The molecule has 3 aromatic rings. The molecule has 0 saturated carbocycles. The fourth-order valence-corrected chi connectivity index (χ4v) is 2.69. The summed E-state index contributed by atoms with van der Waals surface area (Å²) in [5, 5.41) is 16.9. The second-order valence-corrected chi connectivity index (χ2v) is 7.10. The number of aromatic amines is 1. The molecule has 0 fully saturated rings. The van der Waals surface area contributed by atoms with Crippen molar-refractivity contribution < 1.29 is 9.90 Å². The molecule has 3 N–H and O–H groups in total. The standard InChI is InChI=1S/C18H21N5O3/c1-18(2,3)23-14-12(10-19-23)15(24)22-17(21-14)20-13(16(25)26)9-11-7-5-4-6-8-11/h4-8,10,13H,9H2,1-3H3,(H,25,26)(H2,20,21,22,24)/t13-/m1/s1. The topological polar surface area (TPSA) is 113 Å². The highest BCUT2D eigenvalue weighted by atomic mass is 16.4. The van der Waals surface area contributed by atoms with Gasteiger partial charge in [-0.15, -0.1) is 0 Å². The lowest BCUT2D eigenvalue weighted by molar-refractivity contribution is -0.137. The first-order valence-electron chi connectivity index (χ1n) is 8.27. The van der Waals surface area contributed by atoms with E-state index in [9.17, 15) is 14.7 Å². The van der Waals surface area contributed by atoms with E-state index >= 15 is 0 Å². The molecule has 1 atom stereocenters. The van der Waals surface area contributed by atoms with E-state index in [4.69, 9.17) is 0 Å². The van der Waals surface area contributed by atoms with Gasteiger partial charge in [0, 0.05) is 6.42 Å². The summed E-state index contributed by atoms with van der Waals surface area (Å²) in [7, 11) is 0. The quantitative estimate of drug-likeness (QED) is 0.645. The number of hydrogen-bond donors (Lipinski definition) is 3. The number of rotatable bonds is 5. The van der Waals surface area contributed by atoms with Crippen molar-refractivity contribution in [2.75, 3.05) is 5.32 Å². The molecule has 3 rings (SSSR count). The van der Waals surface area contributed by atoms with Crippen LogP contribution in [0, 0.1) is 0 Å². The summed E-state index contributed by atoms with van der Waals surface area (Å²) in [6.07, 6.45) is 1.73. The van der Waals surface area contributed by atoms with Gasteiger partial charge in [-0.1, -0.05) is 30.3 Å². The van der Waals surface area contributed by atoms with Crippen molar-refractivity contribution >= 4 is 23.0 Å². The van der Waals surface area contributed by atoms with Gasteiger partial charge in [0.15, 0.2) is 5.65 Å². The molecule has 0 aliphatic rings. The van der Waals surface area contributed by atoms with E-state index in [1.165, 1.54) is 6.20 Å². The summed E-state index contributed by atoms with van der Waals surface area (Å²) < 4.78 is 1.65. The van der Waals surface area contributed by atoms with Crippen LogP contribution in [0.4, 0.5) is 5.95 Å². The molecule has 0 radical (unpaired) electrons. The molecule has 0 spiro atoms. The number of hydrogen-bond acceptors (Lipinski definition) is 5. The van der Waals surface area contributed by atoms with E-state index in [1.54, 1.807) is 4.68 Å². The van der Waals surface area contributed by atoms with E-state index in [0.717, 1.165) is 5.56 Å². The summed E-state index contributed by atoms with van der Waals surface area (Å²) in [4.78, 5) is 30.9. The summed E-state index contributed by atoms with van der Waals surface area (Å²) in [6, 6.07) is 8.35. The van der Waals surface area contributed by atoms with Gasteiger partial charge in [0.05, 0.1) is 11.7 Å². The Hall–Kier alpha value is -3.16. The minimum Gasteiger partial charge on any atom is -0.480 e. The Labute approximate surface area is 149 Å². The molecule has 0 aliphatic heterocycles. The summed E-state index contributed by atoms with van der Waals surface area (Å²) in [6.45, 7) is 5.85. The molecule has 1 aromatic carbocycles. The number of carboxylic acids is 1. The van der Waals surface area contributed by atoms with Gasteiger partial charge in [0.1, 0.15) is 11.4 Å². The number of H-pyrrole nitrogens is 1. The zero-order chi connectivity index (χ0) is 18.9. The van der Waals surface area contributed by atoms with Crippen LogP contribution in [-0.2, 0) is 16.8 Å². The van der Waals surface area contributed by atoms with Crippen molar-refractivity contribution in [3.05, 3.63) is 52.4 Å². The van der Waals surface area contributed by atoms with Gasteiger partial charge < -0.3 is 10.4 Å². The van der Waals surface area contributed by atoms with Crippen molar-refractivity contribution in [2.45, 2.75) is 38.8 Å². The molecule has 2 heterocycles. The Bertz CT molecular complexity index is 985. The van der Waals surface area contributed by atoms with E-state index < -0.39 is 12.0 Å². The number of nitrogens with one attached hydrogen (secondary N) is 2. The van der Waals surface area contributed by atoms with Gasteiger partial charge in [-0.25, -0.2) is 9.48 Å². The molecular weight excluding hydrogens is 334 g/mol. The SMILES string of the molecule is CC(C)(C)n1ncc2c(=O)[nH]c(N[C@H](Cc3ccccc3)C(=O)O)nc21. The van der Waals surface area contributed by atoms with Crippen LogP contribution >= 0.6 is 0 Å². The van der Waals surface area contributed by atoms with Crippen molar-refractivity contribution in [1.82, 2.24) is 19.7 Å². The monoisotopic (exact) mass is 355 g/mol. The minimum atomic E-state index is -1.03. The molecule has 8 heteroatoms. The number of carbonyl (C=O) groups is 1. The maximum absolute atomic E-state index is 12.3. The maximum atomic E-state index is 12.3. The molecular formula is C18H21N5O3. The Balaban J connectivity index is 1.96. The summed E-state index contributed by atoms with van der Waals surface area (Å²) >= 11 is 0. The van der Waals surface area contributed by atoms with E-state index in [0.29, 0.717) is 11.0 Å². The second kappa shape index (κ2) is 6.62. The molecule has 2 aromatic heterocycles. The molecule has 8 nitrogen and oxygen atoms in total. The van der Waals surface area contributed by atoms with Crippen LogP contribution in [0.5, 0.6) is 0 Å². The minimum absolute atomic E-state index is 0.108. The third-order valence-electron chi connectivity index (χ3n) is 3.97. The van der Waals surface area contributed by atoms with E-state index in [-0.39, 0.29) is 23.5 Å². The van der Waals surface area contributed by atoms with Crippen LogP contribution in [0.2, 0.25) is 0 Å². The predicted octanol–water partition coefficient (Wildman–Crippen LogP) is 1.98. The lowest BCUT2D eigenvalue weighted by atomic mass is 10.1. The van der Waals surface area contributed by atoms with Crippen molar-refractivity contribution in [2.24, 2.45) is 0 Å². The average molecular weight is 355 g/mol. The molecule has 0 unspecified atom stereocenters. The highest BCUT2D eigenvalue weighted by molar-refractivity contribution is 5.78. The Morgan fingerprint density at radius 2 is 2.00 bits per heavy atom. The Morgan fingerprint density at radius 1 is 1.31 bits per heavy atom. The van der Waals surface area contributed by atoms with Crippen LogP contribution < -0.4 is 10.9 Å². The number of anilines is 1. The fourth-order valence-electron chi connectivity index (χ4n) is 2.69. The smallest absolute Gasteiger partial charge is 0.326 e. The Kier molecular flexibility index (Phi) is 4.50. The normalized spacial score (nSPS) is 12.9. The van der Waals surface area contributed by atoms with Gasteiger partial charge in [-0.2, -0.15) is 10.1 Å². The number of fused-ring (bicyclic) bond motifs is 1. The molecule has 0 amide bonds. The van der Waals surface area contributed by atoms with Gasteiger partial charge in [0.25, 0.3) is 5.56 Å². The van der Waals surface area contributed by atoms with Crippen LogP contribution in [0.3, 0.4) is 0 Å². The first kappa shape index (κ1) is 17.7.